The molecule has 2 aromatic rings. The number of rotatable bonds is 2. The average Bonchev–Trinajstić information content (AvgIpc) is 2.30. The van der Waals surface area contributed by atoms with Crippen molar-refractivity contribution in [3.63, 3.8) is 0 Å². The Morgan fingerprint density at radius 3 is 2.19 bits per heavy atom. The van der Waals surface area contributed by atoms with Gasteiger partial charge in [-0.3, -0.25) is 0 Å². The first-order valence-corrected chi connectivity index (χ1v) is 6.72. The van der Waals surface area contributed by atoms with Gasteiger partial charge in [0.15, 0.2) is 0 Å². The molecule has 0 amide bonds. The van der Waals surface area contributed by atoms with Crippen LogP contribution in [0.15, 0.2) is 48.5 Å². The van der Waals surface area contributed by atoms with Crippen LogP contribution < -0.4 is 0 Å². The predicted molar refractivity (Wildman–Crippen MR) is 78.3 cm³/mol. The number of halogens is 3. The third-order valence-corrected chi connectivity index (χ3v) is 4.06. The molecule has 0 aliphatic heterocycles. The minimum Gasteiger partial charge on any atom is -0.113 e. The number of benzene rings is 2. The van der Waals surface area contributed by atoms with Crippen LogP contribution in [0.3, 0.4) is 0 Å². The molecule has 16 heavy (non-hydrogen) atoms. The number of hydrogen-bond acceptors (Lipinski definition) is 0. The first kappa shape index (κ1) is 12.2. The lowest BCUT2D eigenvalue weighted by Crippen LogP contribution is -1.95. The summed E-state index contributed by atoms with van der Waals surface area (Å²) < 4.78 is 1.18. The normalized spacial score (nSPS) is 12.4. The van der Waals surface area contributed by atoms with E-state index in [1.807, 2.05) is 42.5 Å². The van der Waals surface area contributed by atoms with Crippen molar-refractivity contribution in [1.29, 1.82) is 0 Å². The predicted octanol–water partition coefficient (Wildman–Crippen LogP) is 5.27. The topological polar surface area (TPSA) is 0 Å². The summed E-state index contributed by atoms with van der Waals surface area (Å²) in [6.45, 7) is 0. The summed E-state index contributed by atoms with van der Waals surface area (Å²) in [7, 11) is 0. The van der Waals surface area contributed by atoms with Crippen LogP contribution in [0.5, 0.6) is 0 Å². The number of alkyl halides is 1. The quantitative estimate of drug-likeness (QED) is 0.504. The van der Waals surface area contributed by atoms with E-state index in [1.165, 1.54) is 3.57 Å². The van der Waals surface area contributed by atoms with Crippen LogP contribution in [0.1, 0.15) is 16.5 Å². The zero-order valence-corrected chi connectivity index (χ0v) is 12.0. The molecule has 0 aliphatic rings. The lowest BCUT2D eigenvalue weighted by Gasteiger charge is -2.12. The molecule has 2 rings (SSSR count). The molecule has 0 aromatic heterocycles. The molecule has 1 atom stereocenters. The Morgan fingerprint density at radius 1 is 0.938 bits per heavy atom. The van der Waals surface area contributed by atoms with Crippen molar-refractivity contribution in [2.45, 2.75) is 5.38 Å². The van der Waals surface area contributed by atoms with E-state index in [4.69, 9.17) is 23.2 Å². The van der Waals surface area contributed by atoms with Crippen molar-refractivity contribution in [3.8, 4) is 0 Å². The van der Waals surface area contributed by atoms with Gasteiger partial charge in [0.1, 0.15) is 0 Å². The van der Waals surface area contributed by atoms with Gasteiger partial charge in [-0.25, -0.2) is 0 Å². The summed E-state index contributed by atoms with van der Waals surface area (Å²) in [4.78, 5) is 0. The highest BCUT2D eigenvalue weighted by Gasteiger charge is 2.12. The standard InChI is InChI=1S/C13H9Cl2I/c14-10-7-5-9(6-8-10)13(15)11-3-1-2-4-12(11)16/h1-8,13H. The third-order valence-electron chi connectivity index (χ3n) is 2.34. The summed E-state index contributed by atoms with van der Waals surface area (Å²) in [5, 5.41) is 0.612. The Kier molecular flexibility index (Phi) is 4.11. The van der Waals surface area contributed by atoms with Crippen molar-refractivity contribution >= 4 is 45.8 Å². The van der Waals surface area contributed by atoms with Crippen molar-refractivity contribution in [2.75, 3.05) is 0 Å². The van der Waals surface area contributed by atoms with Gasteiger partial charge in [-0.1, -0.05) is 41.9 Å². The first-order valence-electron chi connectivity index (χ1n) is 4.82. The Balaban J connectivity index is 2.35. The van der Waals surface area contributed by atoms with Crippen LogP contribution >= 0.6 is 45.8 Å². The Labute approximate surface area is 119 Å². The van der Waals surface area contributed by atoms with E-state index in [9.17, 15) is 0 Å². The SMILES string of the molecule is Clc1ccc(C(Cl)c2ccccc2I)cc1. The Morgan fingerprint density at radius 2 is 1.56 bits per heavy atom. The molecule has 0 fully saturated rings. The Bertz CT molecular complexity index is 480. The van der Waals surface area contributed by atoms with Crippen LogP contribution in [-0.4, -0.2) is 0 Å². The van der Waals surface area contributed by atoms with E-state index in [-0.39, 0.29) is 5.38 Å². The highest BCUT2D eigenvalue weighted by atomic mass is 127. The molecule has 0 saturated heterocycles. The lowest BCUT2D eigenvalue weighted by atomic mass is 10.0. The van der Waals surface area contributed by atoms with E-state index in [1.54, 1.807) is 0 Å². The Hall–Kier alpha value is -0.250. The molecule has 0 radical (unpaired) electrons. The molecule has 0 spiro atoms. The van der Waals surface area contributed by atoms with Gasteiger partial charge in [0.25, 0.3) is 0 Å². The van der Waals surface area contributed by atoms with Crippen LogP contribution in [0.2, 0.25) is 5.02 Å². The molecule has 0 saturated carbocycles. The van der Waals surface area contributed by atoms with Gasteiger partial charge in [0.2, 0.25) is 0 Å². The molecule has 0 bridgehead atoms. The van der Waals surface area contributed by atoms with Gasteiger partial charge < -0.3 is 0 Å². The second-order valence-electron chi connectivity index (χ2n) is 3.44. The van der Waals surface area contributed by atoms with Crippen LogP contribution in [0.4, 0.5) is 0 Å². The van der Waals surface area contributed by atoms with Crippen molar-refractivity contribution in [3.05, 3.63) is 68.3 Å². The van der Waals surface area contributed by atoms with E-state index in [0.717, 1.165) is 16.1 Å². The van der Waals surface area contributed by atoms with Gasteiger partial charge in [0.05, 0.1) is 5.38 Å². The fraction of sp³-hybridized carbons (Fsp3) is 0.0769. The number of hydrogen-bond donors (Lipinski definition) is 0. The average molecular weight is 363 g/mol. The summed E-state index contributed by atoms with van der Waals surface area (Å²) in [5.74, 6) is 0. The monoisotopic (exact) mass is 362 g/mol. The maximum Gasteiger partial charge on any atom is 0.0845 e. The fourth-order valence-corrected chi connectivity index (χ4v) is 2.84. The summed E-state index contributed by atoms with van der Waals surface area (Å²) in [6.07, 6.45) is 0. The lowest BCUT2D eigenvalue weighted by molar-refractivity contribution is 1.13. The van der Waals surface area contributed by atoms with Crippen LogP contribution in [0, 0.1) is 3.57 Å². The molecule has 82 valence electrons. The summed E-state index contributed by atoms with van der Waals surface area (Å²) >= 11 is 14.6. The summed E-state index contributed by atoms with van der Waals surface area (Å²) in [5.41, 5.74) is 2.20. The van der Waals surface area contributed by atoms with Crippen LogP contribution in [0.25, 0.3) is 0 Å². The highest BCUT2D eigenvalue weighted by Crippen LogP contribution is 2.32. The maximum atomic E-state index is 6.44. The fourth-order valence-electron chi connectivity index (χ4n) is 1.49. The van der Waals surface area contributed by atoms with Gasteiger partial charge in [0, 0.05) is 8.59 Å². The van der Waals surface area contributed by atoms with Gasteiger partial charge >= 0.3 is 0 Å². The van der Waals surface area contributed by atoms with E-state index in [0.29, 0.717) is 0 Å². The zero-order chi connectivity index (χ0) is 11.5. The first-order chi connectivity index (χ1) is 7.68. The minimum absolute atomic E-state index is 0.120. The molecule has 0 heterocycles. The van der Waals surface area contributed by atoms with Crippen molar-refractivity contribution in [1.82, 2.24) is 0 Å². The second-order valence-corrected chi connectivity index (χ2v) is 5.47. The molecular weight excluding hydrogens is 354 g/mol. The maximum absolute atomic E-state index is 6.44. The molecule has 0 aliphatic carbocycles. The largest absolute Gasteiger partial charge is 0.113 e. The van der Waals surface area contributed by atoms with E-state index >= 15 is 0 Å². The molecular formula is C13H9Cl2I. The molecule has 3 heteroatoms. The highest BCUT2D eigenvalue weighted by molar-refractivity contribution is 14.1. The molecule has 0 N–H and O–H groups in total. The molecule has 2 aromatic carbocycles. The minimum atomic E-state index is -0.120. The van der Waals surface area contributed by atoms with Gasteiger partial charge in [-0.15, -0.1) is 11.6 Å². The van der Waals surface area contributed by atoms with E-state index in [2.05, 4.69) is 28.7 Å². The van der Waals surface area contributed by atoms with E-state index < -0.39 is 0 Å². The van der Waals surface area contributed by atoms with Gasteiger partial charge in [-0.05, 0) is 51.9 Å². The third kappa shape index (κ3) is 2.70. The zero-order valence-electron chi connectivity index (χ0n) is 8.33. The second kappa shape index (κ2) is 5.39. The van der Waals surface area contributed by atoms with Crippen LogP contribution in [-0.2, 0) is 0 Å². The smallest absolute Gasteiger partial charge is 0.0845 e. The van der Waals surface area contributed by atoms with Gasteiger partial charge in [-0.2, -0.15) is 0 Å². The van der Waals surface area contributed by atoms with Crippen molar-refractivity contribution in [2.24, 2.45) is 0 Å². The molecule has 1 unspecified atom stereocenters. The summed E-state index contributed by atoms with van der Waals surface area (Å²) in [6, 6.07) is 15.8. The molecule has 0 nitrogen and oxygen atoms in total. The van der Waals surface area contributed by atoms with Crippen molar-refractivity contribution < 1.29 is 0 Å².